The van der Waals surface area contributed by atoms with Gasteiger partial charge in [0.1, 0.15) is 0 Å². The molecule has 0 aromatic rings. The molecule has 5 aliphatic rings. The Morgan fingerprint density at radius 2 is 0.240 bits per heavy atom. The average Bonchev–Trinajstić information content (AvgIpc) is 2.46. The molecule has 10 bridgehead atoms. The molecule has 15 nitrogen and oxygen atoms in total. The minimum absolute atomic E-state index is 2.71. The maximum atomic E-state index is 5.84. The van der Waals surface area contributed by atoms with Gasteiger partial charge in [-0.05, 0) is 0 Å². The van der Waals surface area contributed by atoms with Gasteiger partial charge < -0.3 is 61.7 Å². The number of rotatable bonds is 0. The summed E-state index contributed by atoms with van der Waals surface area (Å²) in [6.07, 6.45) is 0. The molecule has 0 aromatic carbocycles. The van der Waals surface area contributed by atoms with Crippen molar-refractivity contribution in [1.29, 1.82) is 0 Å². The van der Waals surface area contributed by atoms with Gasteiger partial charge in [-0.25, -0.2) is 0 Å². The van der Waals surface area contributed by atoms with E-state index in [1.807, 2.05) is 0 Å². The summed E-state index contributed by atoms with van der Waals surface area (Å²) in [5.41, 5.74) is 0. The van der Waals surface area contributed by atoms with Crippen LogP contribution in [0.4, 0.5) is 0 Å². The van der Waals surface area contributed by atoms with Crippen molar-refractivity contribution < 1.29 is 61.7 Å². The van der Waals surface area contributed by atoms with Gasteiger partial charge in [-0.15, -0.1) is 0 Å². The molecule has 0 saturated carbocycles. The molecule has 0 amide bonds. The molecule has 140 valence electrons. The predicted octanol–water partition coefficient (Wildman–Crippen LogP) is -7.51. The lowest BCUT2D eigenvalue weighted by Gasteiger charge is -2.44. The molecule has 0 atom stereocenters. The lowest BCUT2D eigenvalue weighted by atomic mass is 15.5. The summed E-state index contributed by atoms with van der Waals surface area (Å²) in [6.45, 7) is 0. The van der Waals surface area contributed by atoms with Crippen LogP contribution in [0.15, 0.2) is 0 Å². The number of fused-ring (bicyclic) bond motifs is 10. The molecule has 5 aliphatic heterocycles. The van der Waals surface area contributed by atoms with Crippen molar-refractivity contribution >= 4 is 95.3 Å². The molecule has 0 unspecified atom stereocenters. The highest BCUT2D eigenvalue weighted by Gasteiger charge is 2.55. The minimum atomic E-state index is -2.71. The van der Waals surface area contributed by atoms with Crippen LogP contribution in [0, 0.1) is 0 Å². The van der Waals surface area contributed by atoms with Crippen molar-refractivity contribution in [2.45, 2.75) is 0 Å². The van der Waals surface area contributed by atoms with Gasteiger partial charge in [0.15, 0.2) is 0 Å². The highest BCUT2D eigenvalue weighted by Crippen LogP contribution is 2.25. The number of hydrogen-bond donors (Lipinski definition) is 0. The first-order chi connectivity index (χ1) is 12.2. The van der Waals surface area contributed by atoms with Gasteiger partial charge >= 0.3 is 95.3 Å². The highest BCUT2D eigenvalue weighted by atomic mass is 28.6. The first-order valence-electron chi connectivity index (χ1n) is 7.07. The predicted molar refractivity (Wildman–Crippen MR) is 87.8 cm³/mol. The fourth-order valence-corrected chi connectivity index (χ4v) is 38.2. The maximum absolute atomic E-state index is 5.84. The minimum Gasteiger partial charge on any atom is -0.378 e. The van der Waals surface area contributed by atoms with Crippen molar-refractivity contribution in [2.75, 3.05) is 0 Å². The zero-order valence-corrected chi connectivity index (χ0v) is 23.4. The largest absolute Gasteiger partial charge is 0.461 e. The molecule has 0 aromatic heterocycles. The van der Waals surface area contributed by atoms with E-state index < -0.39 is 95.3 Å². The molecule has 5 rings (SSSR count). The fourth-order valence-electron chi connectivity index (χ4n) is 2.32. The Hall–Kier alpha value is 1.57. The molecule has 0 aliphatic carbocycles. The molecule has 5 heterocycles. The van der Waals surface area contributed by atoms with Crippen LogP contribution in [0.5, 0.6) is 0 Å². The van der Waals surface area contributed by atoms with E-state index in [9.17, 15) is 0 Å². The molecule has 0 N–H and O–H groups in total. The summed E-state index contributed by atoms with van der Waals surface area (Å²) in [7, 11) is -27.1. The van der Waals surface area contributed by atoms with Crippen molar-refractivity contribution in [3.05, 3.63) is 0 Å². The monoisotopic (exact) mass is 530 g/mol. The van der Waals surface area contributed by atoms with Crippen LogP contribution in [0.1, 0.15) is 0 Å². The molecule has 25 heavy (non-hydrogen) atoms. The Kier molecular flexibility index (Phi) is 4.96. The van der Waals surface area contributed by atoms with E-state index in [0.717, 1.165) is 0 Å². The number of hydrogen-bond acceptors (Lipinski definition) is 15. The molecule has 0 radical (unpaired) electrons. The Bertz CT molecular complexity index is 354. The molecular weight excluding hydrogens is 521 g/mol. The Morgan fingerprint density at radius 3 is 0.320 bits per heavy atom. The maximum Gasteiger partial charge on any atom is 0.461 e. The molecule has 25 heteroatoms. The van der Waals surface area contributed by atoms with E-state index in [4.69, 9.17) is 61.7 Å². The van der Waals surface area contributed by atoms with E-state index >= 15 is 0 Å². The zero-order chi connectivity index (χ0) is 16.4. The van der Waals surface area contributed by atoms with E-state index in [-0.39, 0.29) is 0 Å². The van der Waals surface area contributed by atoms with E-state index in [0.29, 0.717) is 0 Å². The van der Waals surface area contributed by atoms with Gasteiger partial charge in [0, 0.05) is 0 Å². The molecule has 5 saturated heterocycles. The van der Waals surface area contributed by atoms with Crippen molar-refractivity contribution in [3.8, 4) is 0 Å². The van der Waals surface area contributed by atoms with Gasteiger partial charge in [0.25, 0.3) is 0 Å². The van der Waals surface area contributed by atoms with Gasteiger partial charge in [-0.2, -0.15) is 0 Å². The van der Waals surface area contributed by atoms with Crippen LogP contribution in [0.2, 0.25) is 0 Å². The summed E-state index contributed by atoms with van der Waals surface area (Å²) in [5, 5.41) is 0. The third-order valence-electron chi connectivity index (χ3n) is 3.33. The Labute approximate surface area is 157 Å². The standard InChI is InChI=1S/H10O15Si10/c1-16-6-18-2-19-7-17(1)9-21-3-20(8-16)12-24-5-25(13-21)15-23(11-19)4-22(10-18)14-24/h16-25H. The normalized spacial score (nSPS) is 57.6. The SMILES string of the molecule is O1[SiH]2O[SiH]3O[SiH]4O[SiH]1O[SiH]1O[SiH](O2)O[SiH]2O[SiH](O1)O[SiH](O[SiH](O3)O2)O4. The molecular formula is H10O15Si10. The topological polar surface area (TPSA) is 138 Å². The Balaban J connectivity index is 1.45. The van der Waals surface area contributed by atoms with E-state index in [2.05, 4.69) is 0 Å². The highest BCUT2D eigenvalue weighted by molar-refractivity contribution is 6.82. The van der Waals surface area contributed by atoms with E-state index in [1.165, 1.54) is 0 Å². The summed E-state index contributed by atoms with van der Waals surface area (Å²) in [5.74, 6) is 0. The first-order valence-corrected chi connectivity index (χ1v) is 21.2. The van der Waals surface area contributed by atoms with Crippen LogP contribution in [-0.4, -0.2) is 95.3 Å². The second kappa shape index (κ2) is 7.12. The summed E-state index contributed by atoms with van der Waals surface area (Å²) in [4.78, 5) is 0. The van der Waals surface area contributed by atoms with E-state index in [1.54, 1.807) is 0 Å². The lowest BCUT2D eigenvalue weighted by molar-refractivity contribution is 0.0419. The van der Waals surface area contributed by atoms with Crippen molar-refractivity contribution in [2.24, 2.45) is 0 Å². The van der Waals surface area contributed by atoms with Crippen LogP contribution in [0.3, 0.4) is 0 Å². The second-order valence-corrected chi connectivity index (χ2v) is 27.0. The van der Waals surface area contributed by atoms with Crippen molar-refractivity contribution in [1.82, 2.24) is 0 Å². The van der Waals surface area contributed by atoms with Crippen LogP contribution < -0.4 is 0 Å². The van der Waals surface area contributed by atoms with Gasteiger partial charge in [0.05, 0.1) is 0 Å². The third-order valence-corrected chi connectivity index (χ3v) is 30.0. The van der Waals surface area contributed by atoms with Crippen molar-refractivity contribution in [3.63, 3.8) is 0 Å². The summed E-state index contributed by atoms with van der Waals surface area (Å²) in [6, 6.07) is 0. The van der Waals surface area contributed by atoms with Gasteiger partial charge in [-0.1, -0.05) is 0 Å². The van der Waals surface area contributed by atoms with Gasteiger partial charge in [0.2, 0.25) is 0 Å². The lowest BCUT2D eigenvalue weighted by Crippen LogP contribution is -2.68. The smallest absolute Gasteiger partial charge is 0.378 e. The fraction of sp³-hybridized carbons (Fsp3) is 0. The molecule has 0 spiro atoms. The second-order valence-electron chi connectivity index (χ2n) is 4.93. The van der Waals surface area contributed by atoms with Crippen LogP contribution in [-0.2, 0) is 61.7 Å². The van der Waals surface area contributed by atoms with Crippen LogP contribution >= 0.6 is 0 Å². The summed E-state index contributed by atoms with van der Waals surface area (Å²) < 4.78 is 87.3. The Morgan fingerprint density at radius 1 is 0.160 bits per heavy atom. The van der Waals surface area contributed by atoms with Gasteiger partial charge in [-0.3, -0.25) is 0 Å². The van der Waals surface area contributed by atoms with Crippen LogP contribution in [0.25, 0.3) is 0 Å². The zero-order valence-electron chi connectivity index (χ0n) is 11.9. The summed E-state index contributed by atoms with van der Waals surface area (Å²) >= 11 is 0. The first kappa shape index (κ1) is 17.4. The quantitative estimate of drug-likeness (QED) is 0.274. The average molecular weight is 531 g/mol. The third kappa shape index (κ3) is 3.75. The molecule has 5 fully saturated rings.